The lowest BCUT2D eigenvalue weighted by Gasteiger charge is -2.35. The number of carbonyl (C=O) groups is 5. The number of nitrogens with zero attached hydrogens (tertiary/aromatic N) is 1. The average molecular weight is 701 g/mol. The first kappa shape index (κ1) is 38.3. The standard InChI is InChI=1S/C39H44N2O10/c1-7-33(43)48-39(49-34(44)8-2,50-35(45)9-3)51-37(46)30-22-29-28(20-21-32(36(29)40-30)47-25-27-18-14-11-15-19-27)31(42)24-41(38(4,5)6)23-26-16-12-10-13-17-26/h10-22,40H,7-9,23-25H2,1-6H3. The Morgan fingerprint density at radius 3 is 1.73 bits per heavy atom. The van der Waals surface area contributed by atoms with E-state index in [1.54, 1.807) is 12.1 Å². The van der Waals surface area contributed by atoms with Crippen LogP contribution in [0.5, 0.6) is 5.75 Å². The number of H-pyrrole nitrogens is 1. The van der Waals surface area contributed by atoms with Crippen LogP contribution in [0.25, 0.3) is 10.9 Å². The molecule has 0 fully saturated rings. The smallest absolute Gasteiger partial charge is 0.487 e. The third kappa shape index (κ3) is 10.3. The van der Waals surface area contributed by atoms with Gasteiger partial charge in [0.2, 0.25) is 0 Å². The summed E-state index contributed by atoms with van der Waals surface area (Å²) in [7, 11) is 0. The molecule has 1 heterocycles. The summed E-state index contributed by atoms with van der Waals surface area (Å²) in [5.74, 6) is -4.03. The van der Waals surface area contributed by atoms with E-state index in [9.17, 15) is 24.0 Å². The fourth-order valence-corrected chi connectivity index (χ4v) is 4.92. The number of esters is 4. The maximum Gasteiger partial charge on any atom is 0.620 e. The molecule has 0 saturated heterocycles. The molecule has 0 saturated carbocycles. The highest BCUT2D eigenvalue weighted by Crippen LogP contribution is 2.32. The molecule has 0 spiro atoms. The minimum atomic E-state index is -3.13. The summed E-state index contributed by atoms with van der Waals surface area (Å²) < 4.78 is 26.9. The van der Waals surface area contributed by atoms with Crippen LogP contribution in [-0.2, 0) is 46.5 Å². The Morgan fingerprint density at radius 2 is 1.22 bits per heavy atom. The fourth-order valence-electron chi connectivity index (χ4n) is 4.92. The molecular weight excluding hydrogens is 656 g/mol. The summed E-state index contributed by atoms with van der Waals surface area (Å²) in [6, 6.07) is 23.9. The van der Waals surface area contributed by atoms with Crippen LogP contribution in [0, 0.1) is 0 Å². The van der Waals surface area contributed by atoms with Crippen molar-refractivity contribution in [3.05, 3.63) is 101 Å². The minimum absolute atomic E-state index is 0.0543. The molecule has 1 N–H and O–H groups in total. The van der Waals surface area contributed by atoms with Crippen LogP contribution < -0.4 is 4.74 Å². The van der Waals surface area contributed by atoms with E-state index in [0.29, 0.717) is 28.8 Å². The first-order valence-electron chi connectivity index (χ1n) is 16.8. The number of ether oxygens (including phenoxy) is 5. The second-order valence-corrected chi connectivity index (χ2v) is 12.7. The Balaban J connectivity index is 1.76. The fraction of sp³-hybridized carbons (Fsp3) is 0.359. The minimum Gasteiger partial charge on any atom is -0.487 e. The third-order valence-corrected chi connectivity index (χ3v) is 7.81. The second kappa shape index (κ2) is 16.9. The van der Waals surface area contributed by atoms with Gasteiger partial charge >= 0.3 is 30.0 Å². The summed E-state index contributed by atoms with van der Waals surface area (Å²) in [4.78, 5) is 70.0. The maximum atomic E-state index is 14.1. The van der Waals surface area contributed by atoms with Crippen molar-refractivity contribution in [1.29, 1.82) is 0 Å². The summed E-state index contributed by atoms with van der Waals surface area (Å²) >= 11 is 0. The Hall–Kier alpha value is -5.49. The number of aromatic nitrogens is 1. The van der Waals surface area contributed by atoms with Gasteiger partial charge in [0, 0.05) is 42.3 Å². The van der Waals surface area contributed by atoms with Crippen LogP contribution in [0.3, 0.4) is 0 Å². The lowest BCUT2D eigenvalue weighted by atomic mass is 10.0. The number of carbonyl (C=O) groups excluding carboxylic acids is 5. The topological polar surface area (TPSA) is 151 Å². The molecule has 3 aromatic carbocycles. The number of fused-ring (bicyclic) bond motifs is 1. The predicted molar refractivity (Wildman–Crippen MR) is 187 cm³/mol. The number of aromatic amines is 1. The number of hydrogen-bond acceptors (Lipinski definition) is 11. The second-order valence-electron chi connectivity index (χ2n) is 12.7. The molecule has 51 heavy (non-hydrogen) atoms. The molecule has 0 aliphatic carbocycles. The molecule has 12 nitrogen and oxygen atoms in total. The van der Waals surface area contributed by atoms with E-state index in [1.807, 2.05) is 81.4 Å². The van der Waals surface area contributed by atoms with Gasteiger partial charge in [-0.3, -0.25) is 24.1 Å². The lowest BCUT2D eigenvalue weighted by Crippen LogP contribution is -2.48. The van der Waals surface area contributed by atoms with Gasteiger partial charge in [-0.2, -0.15) is 0 Å². The largest absolute Gasteiger partial charge is 0.620 e. The average Bonchev–Trinajstić information content (AvgIpc) is 3.56. The molecule has 0 atom stereocenters. The molecule has 0 aliphatic heterocycles. The molecule has 1 aromatic heterocycles. The van der Waals surface area contributed by atoms with Crippen molar-refractivity contribution in [2.24, 2.45) is 0 Å². The number of hydrogen-bond donors (Lipinski definition) is 1. The van der Waals surface area contributed by atoms with Crippen molar-refractivity contribution in [3.8, 4) is 5.75 Å². The van der Waals surface area contributed by atoms with Crippen LogP contribution in [0.2, 0.25) is 0 Å². The molecule has 12 heteroatoms. The Morgan fingerprint density at radius 1 is 0.686 bits per heavy atom. The summed E-state index contributed by atoms with van der Waals surface area (Å²) in [6.07, 6.45) is -3.79. The first-order chi connectivity index (χ1) is 24.3. The molecule has 0 amide bonds. The lowest BCUT2D eigenvalue weighted by molar-refractivity contribution is -0.427. The molecular formula is C39H44N2O10. The SMILES string of the molecule is CCC(=O)OC(OC(=O)CC)(OC(=O)CC)OC(=O)c1cc2c(C(=O)CN(Cc3ccccc3)C(C)(C)C)ccc(OCc3ccccc3)c2[nH]1. The first-order valence-corrected chi connectivity index (χ1v) is 16.8. The van der Waals surface area contributed by atoms with Crippen LogP contribution in [0.15, 0.2) is 78.9 Å². The zero-order valence-electron chi connectivity index (χ0n) is 29.8. The molecule has 0 aliphatic rings. The van der Waals surface area contributed by atoms with Gasteiger partial charge in [0.15, 0.2) is 5.78 Å². The summed E-state index contributed by atoms with van der Waals surface area (Å²) in [6.45, 7) is 11.2. The molecule has 0 unspecified atom stereocenters. The van der Waals surface area contributed by atoms with Gasteiger partial charge < -0.3 is 28.7 Å². The van der Waals surface area contributed by atoms with Crippen molar-refractivity contribution in [1.82, 2.24) is 9.88 Å². The molecule has 0 radical (unpaired) electrons. The Bertz CT molecular complexity index is 1800. The van der Waals surface area contributed by atoms with Crippen molar-refractivity contribution < 1.29 is 47.7 Å². The summed E-state index contributed by atoms with van der Waals surface area (Å²) in [5.41, 5.74) is 1.93. The van der Waals surface area contributed by atoms with Crippen LogP contribution >= 0.6 is 0 Å². The summed E-state index contributed by atoms with van der Waals surface area (Å²) in [5, 5.41) is 0.346. The van der Waals surface area contributed by atoms with Crippen LogP contribution in [-0.4, -0.2) is 57.8 Å². The van der Waals surface area contributed by atoms with Gasteiger partial charge in [0.05, 0.1) is 12.1 Å². The van der Waals surface area contributed by atoms with Crippen LogP contribution in [0.4, 0.5) is 0 Å². The Kier molecular flexibility index (Phi) is 12.7. The van der Waals surface area contributed by atoms with Gasteiger partial charge in [0.25, 0.3) is 0 Å². The number of rotatable bonds is 16. The highest BCUT2D eigenvalue weighted by atomic mass is 17.0. The van der Waals surface area contributed by atoms with E-state index in [4.69, 9.17) is 23.7 Å². The van der Waals surface area contributed by atoms with Crippen molar-refractivity contribution >= 4 is 40.6 Å². The number of Topliss-reactive ketones (excluding diaryl/α,β-unsaturated/α-hetero) is 1. The van der Waals surface area contributed by atoms with Gasteiger partial charge in [0.1, 0.15) is 18.1 Å². The number of ketones is 1. The predicted octanol–water partition coefficient (Wildman–Crippen LogP) is 6.86. The third-order valence-electron chi connectivity index (χ3n) is 7.81. The molecule has 4 aromatic rings. The van der Waals surface area contributed by atoms with Crippen molar-refractivity contribution in [2.45, 2.75) is 85.7 Å². The number of nitrogens with one attached hydrogen (secondary N) is 1. The zero-order chi connectivity index (χ0) is 37.2. The normalized spacial score (nSPS) is 11.6. The quantitative estimate of drug-likeness (QED) is 0.0742. The molecule has 4 rings (SSSR count). The van der Waals surface area contributed by atoms with E-state index in [1.165, 1.54) is 26.8 Å². The number of benzene rings is 3. The van der Waals surface area contributed by atoms with Gasteiger partial charge in [-0.1, -0.05) is 81.4 Å². The van der Waals surface area contributed by atoms with E-state index >= 15 is 0 Å². The monoisotopic (exact) mass is 700 g/mol. The Labute approximate surface area is 297 Å². The maximum absolute atomic E-state index is 14.1. The van der Waals surface area contributed by atoms with Gasteiger partial charge in [-0.15, -0.1) is 0 Å². The van der Waals surface area contributed by atoms with E-state index < -0.39 is 30.0 Å². The van der Waals surface area contributed by atoms with E-state index in [0.717, 1.165) is 11.1 Å². The highest BCUT2D eigenvalue weighted by Gasteiger charge is 2.49. The van der Waals surface area contributed by atoms with Gasteiger partial charge in [-0.05, 0) is 50.1 Å². The molecule has 0 bridgehead atoms. The van der Waals surface area contributed by atoms with Gasteiger partial charge in [-0.25, -0.2) is 4.79 Å². The van der Waals surface area contributed by atoms with E-state index in [2.05, 4.69) is 9.88 Å². The zero-order valence-corrected chi connectivity index (χ0v) is 29.8. The van der Waals surface area contributed by atoms with Crippen molar-refractivity contribution in [2.75, 3.05) is 6.54 Å². The molecule has 270 valence electrons. The van der Waals surface area contributed by atoms with Crippen molar-refractivity contribution in [3.63, 3.8) is 0 Å². The van der Waals surface area contributed by atoms with E-state index in [-0.39, 0.29) is 49.4 Å². The van der Waals surface area contributed by atoms with Crippen LogP contribution in [0.1, 0.15) is 92.8 Å². The highest BCUT2D eigenvalue weighted by molar-refractivity contribution is 6.11.